The van der Waals surface area contributed by atoms with Crippen molar-refractivity contribution in [2.24, 2.45) is 0 Å². The number of hydrogen-bond donors (Lipinski definition) is 1. The Labute approximate surface area is 151 Å². The van der Waals surface area contributed by atoms with E-state index >= 15 is 0 Å². The van der Waals surface area contributed by atoms with Crippen LogP contribution in [0.4, 0.5) is 0 Å². The number of likely N-dealkylation sites (N-methyl/N-ethyl adjacent to an activating group) is 1. The van der Waals surface area contributed by atoms with Crippen LogP contribution >= 0.6 is 11.8 Å². The maximum atomic E-state index is 9.26. The maximum absolute atomic E-state index is 9.26. The molecule has 7 heteroatoms. The normalized spacial score (nSPS) is 12.4. The number of nitrogens with zero attached hydrogens (tertiary/aromatic N) is 5. The van der Waals surface area contributed by atoms with E-state index in [0.717, 1.165) is 40.9 Å². The van der Waals surface area contributed by atoms with Gasteiger partial charge in [0.25, 0.3) is 0 Å². The molecule has 3 aromatic heterocycles. The van der Waals surface area contributed by atoms with Crippen LogP contribution in [-0.2, 0) is 0 Å². The molecule has 0 saturated heterocycles. The summed E-state index contributed by atoms with van der Waals surface area (Å²) < 4.78 is 3.83. The van der Waals surface area contributed by atoms with Gasteiger partial charge in [0.1, 0.15) is 6.07 Å². The van der Waals surface area contributed by atoms with E-state index < -0.39 is 0 Å². The minimum absolute atomic E-state index is 0.349. The Morgan fingerprint density at radius 2 is 2.12 bits per heavy atom. The number of rotatable bonds is 7. The zero-order valence-corrected chi connectivity index (χ0v) is 15.5. The van der Waals surface area contributed by atoms with Crippen molar-refractivity contribution in [1.82, 2.24) is 24.7 Å². The van der Waals surface area contributed by atoms with Crippen molar-refractivity contribution in [3.05, 3.63) is 36.4 Å². The van der Waals surface area contributed by atoms with Crippen molar-refractivity contribution in [3.63, 3.8) is 0 Å². The summed E-state index contributed by atoms with van der Waals surface area (Å²) in [6, 6.07) is 4.67. The number of nitrogens with one attached hydrogen (secondary N) is 1. The van der Waals surface area contributed by atoms with E-state index in [1.54, 1.807) is 22.5 Å². The first-order valence-electron chi connectivity index (χ1n) is 8.36. The zero-order valence-electron chi connectivity index (χ0n) is 14.7. The van der Waals surface area contributed by atoms with Crippen LogP contribution < -0.4 is 5.32 Å². The third-order valence-electron chi connectivity index (χ3n) is 4.29. The smallest absolute Gasteiger partial charge is 0.103 e. The summed E-state index contributed by atoms with van der Waals surface area (Å²) in [5.74, 6) is 0. The van der Waals surface area contributed by atoms with Crippen LogP contribution in [0.2, 0.25) is 0 Å². The molecule has 1 atom stereocenters. The molecule has 6 nitrogen and oxygen atoms in total. The molecule has 0 fully saturated rings. The Balaban J connectivity index is 2.01. The summed E-state index contributed by atoms with van der Waals surface area (Å²) in [7, 11) is 1.97. The van der Waals surface area contributed by atoms with Gasteiger partial charge in [-0.15, -0.1) is 11.8 Å². The fourth-order valence-electron chi connectivity index (χ4n) is 3.06. The summed E-state index contributed by atoms with van der Waals surface area (Å²) >= 11 is 1.62. The second-order valence-electron chi connectivity index (χ2n) is 5.97. The number of aromatic nitrogens is 4. The largest absolute Gasteiger partial charge is 0.318 e. The van der Waals surface area contributed by atoms with Crippen molar-refractivity contribution in [1.29, 1.82) is 5.26 Å². The minimum atomic E-state index is 0.349. The molecule has 0 aliphatic carbocycles. The first-order valence-corrected chi connectivity index (χ1v) is 9.58. The number of fused-ring (bicyclic) bond motifs is 1. The standard InChI is InChI=1S/C18H22N6S/c1-4-5-16(10-20-2)23-12-15(9-21-23)13-6-17(25-3)18-14(7-19)8-22-24(18)11-13/h6,8-9,11-12,16,20H,4-5,10H2,1-3H3. The van der Waals surface area contributed by atoms with Crippen LogP contribution in [-0.4, -0.2) is 39.2 Å². The lowest BCUT2D eigenvalue weighted by Gasteiger charge is -2.16. The van der Waals surface area contributed by atoms with E-state index in [4.69, 9.17) is 0 Å². The molecule has 0 aliphatic rings. The second kappa shape index (κ2) is 7.72. The molecular formula is C18H22N6S. The van der Waals surface area contributed by atoms with Crippen LogP contribution in [0.15, 0.2) is 35.7 Å². The summed E-state index contributed by atoms with van der Waals surface area (Å²) in [5.41, 5.74) is 3.58. The Kier molecular flexibility index (Phi) is 5.41. The topological polar surface area (TPSA) is 70.9 Å². The fraction of sp³-hybridized carbons (Fsp3) is 0.389. The van der Waals surface area contributed by atoms with Gasteiger partial charge < -0.3 is 5.32 Å². The Bertz CT molecular complexity index is 898. The van der Waals surface area contributed by atoms with Gasteiger partial charge in [0.05, 0.1) is 29.5 Å². The fourth-order valence-corrected chi connectivity index (χ4v) is 3.70. The minimum Gasteiger partial charge on any atom is -0.318 e. The summed E-state index contributed by atoms with van der Waals surface area (Å²) in [6.45, 7) is 3.09. The van der Waals surface area contributed by atoms with E-state index in [1.807, 2.05) is 30.4 Å². The van der Waals surface area contributed by atoms with E-state index in [0.29, 0.717) is 11.6 Å². The first kappa shape index (κ1) is 17.5. The molecular weight excluding hydrogens is 332 g/mol. The predicted molar refractivity (Wildman–Crippen MR) is 101 cm³/mol. The number of thioether (sulfide) groups is 1. The molecule has 1 unspecified atom stereocenters. The van der Waals surface area contributed by atoms with Gasteiger partial charge in [0, 0.05) is 35.0 Å². The molecule has 3 aromatic rings. The third kappa shape index (κ3) is 3.41. The Morgan fingerprint density at radius 3 is 2.80 bits per heavy atom. The average molecular weight is 354 g/mol. The van der Waals surface area contributed by atoms with E-state index in [1.165, 1.54) is 0 Å². The summed E-state index contributed by atoms with van der Waals surface area (Å²) in [6.07, 6.45) is 11.8. The SMILES string of the molecule is CCCC(CNC)n1cc(-c2cc(SC)c3c(C#N)cnn3c2)cn1. The molecule has 0 aromatic carbocycles. The van der Waals surface area contributed by atoms with Gasteiger partial charge in [-0.2, -0.15) is 15.5 Å². The molecule has 0 radical (unpaired) electrons. The highest BCUT2D eigenvalue weighted by molar-refractivity contribution is 7.98. The van der Waals surface area contributed by atoms with Crippen molar-refractivity contribution in [2.75, 3.05) is 19.8 Å². The molecule has 3 rings (SSSR count). The van der Waals surface area contributed by atoms with Crippen LogP contribution in [0, 0.1) is 11.3 Å². The molecule has 0 spiro atoms. The summed E-state index contributed by atoms with van der Waals surface area (Å²) in [4.78, 5) is 1.04. The highest BCUT2D eigenvalue weighted by atomic mass is 32.2. The zero-order chi connectivity index (χ0) is 17.8. The van der Waals surface area contributed by atoms with Crippen molar-refractivity contribution in [3.8, 4) is 17.2 Å². The first-order chi connectivity index (χ1) is 12.2. The maximum Gasteiger partial charge on any atom is 0.103 e. The van der Waals surface area contributed by atoms with E-state index in [2.05, 4.69) is 40.8 Å². The molecule has 130 valence electrons. The monoisotopic (exact) mass is 354 g/mol. The lowest BCUT2D eigenvalue weighted by molar-refractivity contribution is 0.407. The van der Waals surface area contributed by atoms with Crippen molar-refractivity contribution >= 4 is 17.3 Å². The van der Waals surface area contributed by atoms with E-state index in [9.17, 15) is 5.26 Å². The number of hydrogen-bond acceptors (Lipinski definition) is 5. The molecule has 0 saturated carbocycles. The highest BCUT2D eigenvalue weighted by Gasteiger charge is 2.14. The number of nitriles is 1. The van der Waals surface area contributed by atoms with Crippen LogP contribution in [0.25, 0.3) is 16.6 Å². The van der Waals surface area contributed by atoms with Crippen LogP contribution in [0.3, 0.4) is 0 Å². The van der Waals surface area contributed by atoms with Gasteiger partial charge >= 0.3 is 0 Å². The van der Waals surface area contributed by atoms with Gasteiger partial charge in [-0.3, -0.25) is 4.68 Å². The van der Waals surface area contributed by atoms with E-state index in [-0.39, 0.29) is 0 Å². The van der Waals surface area contributed by atoms with Crippen LogP contribution in [0.1, 0.15) is 31.4 Å². The third-order valence-corrected chi connectivity index (χ3v) is 5.04. The Morgan fingerprint density at radius 1 is 1.28 bits per heavy atom. The molecule has 0 amide bonds. The Hall–Kier alpha value is -2.30. The van der Waals surface area contributed by atoms with Gasteiger partial charge in [0.15, 0.2) is 0 Å². The lowest BCUT2D eigenvalue weighted by Crippen LogP contribution is -2.22. The molecule has 1 N–H and O–H groups in total. The van der Waals surface area contributed by atoms with Crippen molar-refractivity contribution < 1.29 is 0 Å². The molecule has 0 aliphatic heterocycles. The molecule has 0 bridgehead atoms. The number of pyridine rings is 1. The quantitative estimate of drug-likeness (QED) is 0.659. The molecule has 25 heavy (non-hydrogen) atoms. The highest BCUT2D eigenvalue weighted by Crippen LogP contribution is 2.30. The summed E-state index contributed by atoms with van der Waals surface area (Å²) in [5, 5.41) is 21.4. The average Bonchev–Trinajstić information content (AvgIpc) is 3.27. The lowest BCUT2D eigenvalue weighted by atomic mass is 10.1. The molecule has 3 heterocycles. The van der Waals surface area contributed by atoms with Crippen LogP contribution in [0.5, 0.6) is 0 Å². The van der Waals surface area contributed by atoms with Gasteiger partial charge in [0.2, 0.25) is 0 Å². The predicted octanol–water partition coefficient (Wildman–Crippen LogP) is 3.35. The van der Waals surface area contributed by atoms with Gasteiger partial charge in [-0.05, 0) is 25.8 Å². The van der Waals surface area contributed by atoms with Gasteiger partial charge in [-0.1, -0.05) is 13.3 Å². The second-order valence-corrected chi connectivity index (χ2v) is 6.82. The van der Waals surface area contributed by atoms with Crippen molar-refractivity contribution in [2.45, 2.75) is 30.7 Å². The van der Waals surface area contributed by atoms with Gasteiger partial charge in [-0.25, -0.2) is 4.52 Å².